The molecule has 15 heavy (non-hydrogen) atoms. The van der Waals surface area contributed by atoms with Gasteiger partial charge in [-0.2, -0.15) is 0 Å². The molecule has 0 fully saturated rings. The van der Waals surface area contributed by atoms with E-state index >= 15 is 0 Å². The first-order valence-corrected chi connectivity index (χ1v) is 6.70. The molecule has 1 rings (SSSR count). The highest BCUT2D eigenvalue weighted by atomic mass is 14.1. The third kappa shape index (κ3) is 5.81. The summed E-state index contributed by atoms with van der Waals surface area (Å²) < 4.78 is 0. The van der Waals surface area contributed by atoms with Crippen molar-refractivity contribution in [3.63, 3.8) is 0 Å². The maximum Gasteiger partial charge on any atom is -0.0224 e. The van der Waals surface area contributed by atoms with Crippen LogP contribution in [0.25, 0.3) is 0 Å². The number of hydrogen-bond donors (Lipinski definition) is 0. The molecule has 0 heteroatoms. The molecule has 0 bridgehead atoms. The highest BCUT2D eigenvalue weighted by molar-refractivity contribution is 5.23. The molecule has 1 aliphatic carbocycles. The zero-order valence-corrected chi connectivity index (χ0v) is 10.5. The zero-order valence-electron chi connectivity index (χ0n) is 10.5. The molecule has 1 aliphatic rings. The number of unbranched alkanes of at least 4 members (excludes halogenated alkanes) is 5. The molecule has 86 valence electrons. The van der Waals surface area contributed by atoms with Gasteiger partial charge in [0.15, 0.2) is 0 Å². The first-order valence-electron chi connectivity index (χ1n) is 6.70. The summed E-state index contributed by atoms with van der Waals surface area (Å²) in [5, 5.41) is 0. The second-order valence-corrected chi connectivity index (χ2v) is 4.87. The summed E-state index contributed by atoms with van der Waals surface area (Å²) >= 11 is 0. The molecule has 0 spiro atoms. The normalized spacial score (nSPS) is 20.4. The maximum absolute atomic E-state index is 2.43. The van der Waals surface area contributed by atoms with E-state index in [9.17, 15) is 0 Å². The van der Waals surface area contributed by atoms with Gasteiger partial charge in [0, 0.05) is 0 Å². The van der Waals surface area contributed by atoms with E-state index in [1.54, 1.807) is 5.57 Å². The first kappa shape index (κ1) is 12.5. The number of hydrogen-bond acceptors (Lipinski definition) is 0. The third-order valence-corrected chi connectivity index (χ3v) is 3.21. The van der Waals surface area contributed by atoms with Gasteiger partial charge in [-0.05, 0) is 25.2 Å². The Morgan fingerprint density at radius 1 is 1.13 bits per heavy atom. The molecule has 0 N–H and O–H groups in total. The van der Waals surface area contributed by atoms with Crippen LogP contribution >= 0.6 is 0 Å². The Morgan fingerprint density at radius 3 is 2.53 bits per heavy atom. The molecule has 0 heterocycles. The van der Waals surface area contributed by atoms with Crippen LogP contribution in [0.4, 0.5) is 0 Å². The van der Waals surface area contributed by atoms with E-state index in [0.717, 1.165) is 5.92 Å². The first-order chi connectivity index (χ1) is 7.33. The van der Waals surface area contributed by atoms with Crippen LogP contribution < -0.4 is 0 Å². The Labute approximate surface area is 95.5 Å². The summed E-state index contributed by atoms with van der Waals surface area (Å²) in [7, 11) is 0. The van der Waals surface area contributed by atoms with Gasteiger partial charge in [0.05, 0.1) is 0 Å². The summed E-state index contributed by atoms with van der Waals surface area (Å²) in [5.74, 6) is 0.762. The lowest BCUT2D eigenvalue weighted by molar-refractivity contribution is 0.606. The molecule has 1 atom stereocenters. The fourth-order valence-corrected chi connectivity index (χ4v) is 2.07. The van der Waals surface area contributed by atoms with Gasteiger partial charge < -0.3 is 0 Å². The molecule has 0 aromatic carbocycles. The lowest BCUT2D eigenvalue weighted by atomic mass is 9.95. The van der Waals surface area contributed by atoms with E-state index in [1.807, 2.05) is 0 Å². The summed E-state index contributed by atoms with van der Waals surface area (Å²) in [5.41, 5.74) is 1.57. The predicted octanol–water partition coefficient (Wildman–Crippen LogP) is 5.26. The van der Waals surface area contributed by atoms with Crippen molar-refractivity contribution in [3.8, 4) is 0 Å². The zero-order chi connectivity index (χ0) is 10.9. The van der Waals surface area contributed by atoms with E-state index < -0.39 is 0 Å². The van der Waals surface area contributed by atoms with Crippen LogP contribution in [-0.2, 0) is 0 Å². The van der Waals surface area contributed by atoms with Gasteiger partial charge in [0.1, 0.15) is 0 Å². The van der Waals surface area contributed by atoms with E-state index in [4.69, 9.17) is 0 Å². The van der Waals surface area contributed by atoms with E-state index in [2.05, 4.69) is 32.1 Å². The standard InChI is InChI=1S/C15H26/c1-3-4-5-6-7-8-9-15-12-10-14(2)11-13-15/h10,12-14H,3-9,11H2,1-2H3. The second-order valence-electron chi connectivity index (χ2n) is 4.87. The Morgan fingerprint density at radius 2 is 1.87 bits per heavy atom. The van der Waals surface area contributed by atoms with Crippen molar-refractivity contribution >= 4 is 0 Å². The van der Waals surface area contributed by atoms with Crippen LogP contribution in [-0.4, -0.2) is 0 Å². The molecular weight excluding hydrogens is 180 g/mol. The van der Waals surface area contributed by atoms with E-state index in [0.29, 0.717) is 0 Å². The second kappa shape index (κ2) is 7.73. The average molecular weight is 206 g/mol. The quantitative estimate of drug-likeness (QED) is 0.498. The molecule has 0 saturated carbocycles. The topological polar surface area (TPSA) is 0 Å². The largest absolute Gasteiger partial charge is 0.0811 e. The van der Waals surface area contributed by atoms with Crippen molar-refractivity contribution in [2.24, 2.45) is 5.92 Å². The van der Waals surface area contributed by atoms with Crippen molar-refractivity contribution in [2.45, 2.75) is 65.2 Å². The molecular formula is C15H26. The van der Waals surface area contributed by atoms with Gasteiger partial charge in [-0.15, -0.1) is 0 Å². The number of allylic oxidation sites excluding steroid dienone is 4. The lowest BCUT2D eigenvalue weighted by Crippen LogP contribution is -1.94. The van der Waals surface area contributed by atoms with Gasteiger partial charge in [-0.3, -0.25) is 0 Å². The molecule has 0 aromatic heterocycles. The predicted molar refractivity (Wildman–Crippen MR) is 69.0 cm³/mol. The van der Waals surface area contributed by atoms with Gasteiger partial charge in [-0.1, -0.05) is 69.8 Å². The van der Waals surface area contributed by atoms with Crippen molar-refractivity contribution in [2.75, 3.05) is 0 Å². The van der Waals surface area contributed by atoms with Crippen LogP contribution in [0.3, 0.4) is 0 Å². The Balaban J connectivity index is 1.99. The number of rotatable bonds is 7. The molecule has 0 saturated heterocycles. The fraction of sp³-hybridized carbons (Fsp3) is 0.733. The molecule has 0 aliphatic heterocycles. The molecule has 0 aromatic rings. The smallest absolute Gasteiger partial charge is 0.0224 e. The third-order valence-electron chi connectivity index (χ3n) is 3.21. The van der Waals surface area contributed by atoms with Crippen LogP contribution in [0.5, 0.6) is 0 Å². The fourth-order valence-electron chi connectivity index (χ4n) is 2.07. The van der Waals surface area contributed by atoms with Crippen molar-refractivity contribution in [1.82, 2.24) is 0 Å². The minimum absolute atomic E-state index is 0.762. The Bertz CT molecular complexity index is 210. The van der Waals surface area contributed by atoms with E-state index in [1.165, 1.54) is 51.4 Å². The summed E-state index contributed by atoms with van der Waals surface area (Å²) in [6.07, 6.45) is 18.1. The van der Waals surface area contributed by atoms with Crippen LogP contribution in [0, 0.1) is 5.92 Å². The Hall–Kier alpha value is -0.520. The highest BCUT2D eigenvalue weighted by Gasteiger charge is 2.02. The van der Waals surface area contributed by atoms with Gasteiger partial charge in [-0.25, -0.2) is 0 Å². The van der Waals surface area contributed by atoms with Gasteiger partial charge in [0.2, 0.25) is 0 Å². The lowest BCUT2D eigenvalue weighted by Gasteiger charge is -2.11. The average Bonchev–Trinajstić information content (AvgIpc) is 2.26. The molecule has 0 radical (unpaired) electrons. The minimum Gasteiger partial charge on any atom is -0.0811 e. The van der Waals surface area contributed by atoms with Gasteiger partial charge in [0.25, 0.3) is 0 Å². The minimum atomic E-state index is 0.762. The van der Waals surface area contributed by atoms with E-state index in [-0.39, 0.29) is 0 Å². The van der Waals surface area contributed by atoms with Crippen LogP contribution in [0.15, 0.2) is 23.8 Å². The van der Waals surface area contributed by atoms with Crippen molar-refractivity contribution in [3.05, 3.63) is 23.8 Å². The van der Waals surface area contributed by atoms with Crippen LogP contribution in [0.2, 0.25) is 0 Å². The highest BCUT2D eigenvalue weighted by Crippen LogP contribution is 2.20. The summed E-state index contributed by atoms with van der Waals surface area (Å²) in [6, 6.07) is 0. The van der Waals surface area contributed by atoms with Crippen molar-refractivity contribution < 1.29 is 0 Å². The van der Waals surface area contributed by atoms with Gasteiger partial charge >= 0.3 is 0 Å². The molecule has 0 amide bonds. The SMILES string of the molecule is CCCCCCCCC1=CCC(C)C=C1. The summed E-state index contributed by atoms with van der Waals surface area (Å²) in [4.78, 5) is 0. The Kier molecular flexibility index (Phi) is 6.47. The maximum atomic E-state index is 2.43. The van der Waals surface area contributed by atoms with Crippen LogP contribution in [0.1, 0.15) is 65.2 Å². The molecule has 0 nitrogen and oxygen atoms in total. The molecule has 1 unspecified atom stereocenters. The monoisotopic (exact) mass is 206 g/mol. The summed E-state index contributed by atoms with van der Waals surface area (Å²) in [6.45, 7) is 4.56. The van der Waals surface area contributed by atoms with Crippen molar-refractivity contribution in [1.29, 1.82) is 0 Å².